The monoisotopic (exact) mass is 885 g/mol. The molecule has 2 aromatic carbocycles. The summed E-state index contributed by atoms with van der Waals surface area (Å²) in [6.07, 6.45) is 6.52. The average Bonchev–Trinajstić information content (AvgIpc) is 4.08. The second kappa shape index (κ2) is 25.8. The summed E-state index contributed by atoms with van der Waals surface area (Å²) in [4.78, 5) is 79.7. The Kier molecular flexibility index (Phi) is 21.0. The van der Waals surface area contributed by atoms with Crippen molar-refractivity contribution in [1.29, 1.82) is 0 Å². The Morgan fingerprint density at radius 2 is 1.71 bits per heavy atom. The molecule has 0 radical (unpaired) electrons. The summed E-state index contributed by atoms with van der Waals surface area (Å²) in [5.41, 5.74) is 1.95. The van der Waals surface area contributed by atoms with Crippen LogP contribution in [0.5, 0.6) is 5.75 Å². The number of unbranched alkanes of at least 4 members (excludes halogenated alkanes) is 3. The van der Waals surface area contributed by atoms with Crippen molar-refractivity contribution >= 4 is 64.9 Å². The number of carbonyl (C=O) groups is 7. The lowest BCUT2D eigenvalue weighted by Gasteiger charge is -2.16. The van der Waals surface area contributed by atoms with Crippen molar-refractivity contribution in [2.45, 2.75) is 103 Å². The largest absolute Gasteiger partial charge is 0.497 e. The van der Waals surface area contributed by atoms with Gasteiger partial charge in [-0.25, -0.2) is 14.0 Å². The number of ether oxygens (including phenoxy) is 2. The fourth-order valence-electron chi connectivity index (χ4n) is 6.80. The van der Waals surface area contributed by atoms with Gasteiger partial charge < -0.3 is 45.4 Å². The second-order valence-corrected chi connectivity index (χ2v) is 15.5. The van der Waals surface area contributed by atoms with Gasteiger partial charge in [0.15, 0.2) is 6.04 Å². The average molecular weight is 886 g/mol. The van der Waals surface area contributed by atoms with Crippen molar-refractivity contribution in [1.82, 2.24) is 36.8 Å². The summed E-state index contributed by atoms with van der Waals surface area (Å²) in [5, 5.41) is 16.9. The first kappa shape index (κ1) is 50.5. The predicted molar refractivity (Wildman–Crippen MR) is 233 cm³/mol. The van der Waals surface area contributed by atoms with Crippen molar-refractivity contribution in [2.24, 2.45) is 0 Å². The molecular weight excluding hydrogens is 826 g/mol. The Labute approximate surface area is 365 Å². The van der Waals surface area contributed by atoms with Gasteiger partial charge in [0.05, 0.1) is 31.9 Å². The first-order chi connectivity index (χ1) is 29.8. The Bertz CT molecular complexity index is 2010. The van der Waals surface area contributed by atoms with Crippen LogP contribution in [0.1, 0.15) is 111 Å². The first-order valence-corrected chi connectivity index (χ1v) is 21.8. The van der Waals surface area contributed by atoms with Crippen LogP contribution < -0.4 is 36.6 Å². The number of rotatable bonds is 14. The number of halogens is 1. The number of furan rings is 1. The van der Waals surface area contributed by atoms with E-state index in [1.165, 1.54) is 19.2 Å². The molecule has 0 saturated carbocycles. The molecule has 6 N–H and O–H groups in total. The lowest BCUT2D eigenvalue weighted by Crippen LogP contribution is -2.36. The zero-order valence-electron chi connectivity index (χ0n) is 36.4. The van der Waals surface area contributed by atoms with E-state index in [1.807, 2.05) is 44.7 Å². The fraction of sp³-hybridized carbons (Fsp3) is 0.512. The molecule has 4 unspecified atom stereocenters. The quantitative estimate of drug-likeness (QED) is 0.0526. The van der Waals surface area contributed by atoms with Gasteiger partial charge in [-0.1, -0.05) is 46.1 Å². The molecule has 4 aliphatic heterocycles. The molecule has 17 nitrogen and oxygen atoms in total. The van der Waals surface area contributed by atoms with Crippen LogP contribution in [0.3, 0.4) is 0 Å². The van der Waals surface area contributed by atoms with E-state index in [9.17, 15) is 33.2 Å². The first-order valence-electron chi connectivity index (χ1n) is 20.8. The van der Waals surface area contributed by atoms with Crippen molar-refractivity contribution in [3.63, 3.8) is 0 Å². The van der Waals surface area contributed by atoms with Gasteiger partial charge in [0.25, 0.3) is 24.2 Å². The molecule has 8 amide bonds. The molecule has 62 heavy (non-hydrogen) atoms. The van der Waals surface area contributed by atoms with Crippen molar-refractivity contribution < 1.29 is 51.8 Å². The molecule has 3 saturated heterocycles. The third kappa shape index (κ3) is 14.4. The van der Waals surface area contributed by atoms with E-state index >= 15 is 0 Å². The van der Waals surface area contributed by atoms with Crippen LogP contribution in [-0.4, -0.2) is 105 Å². The summed E-state index contributed by atoms with van der Waals surface area (Å²) in [6.45, 7) is 10.3. The van der Waals surface area contributed by atoms with E-state index in [2.05, 4.69) is 43.6 Å². The van der Waals surface area contributed by atoms with Crippen LogP contribution in [0.4, 0.5) is 14.0 Å². The van der Waals surface area contributed by atoms with Crippen LogP contribution in [0.25, 0.3) is 11.0 Å². The van der Waals surface area contributed by atoms with Crippen LogP contribution in [0.2, 0.25) is 0 Å². The Morgan fingerprint density at radius 3 is 2.35 bits per heavy atom. The molecule has 1 aromatic heterocycles. The maximum atomic E-state index is 14.2. The minimum atomic E-state index is -0.964. The summed E-state index contributed by atoms with van der Waals surface area (Å²) in [7, 11) is 4.71. The standard InChI is InChI=1S/C17H18FN3O4.C12H21N3O2S.C10H11NO2.C2H4O2.C2H6/c1-2-3-4-5-19-15(22)10-6-9-7-13(25-12(9)8-11(10)18)14-16(23)21-17(24)20-14;1-2-13-10(16)6-4-3-5-9-11-8(7-18-9)14-12(17)15-11;1-11-6-7-3-4-8(13-2)5-9(7)10(11)12;1-4-2-3;1-2/h6-8,14H,2-5H2,1H3,(H,19,22)(H2,20,21,23,24);8-9,11H,2-7H2,1H3,(H,13,16)(H2,14,15,17);3-5H,6H2,1-2H3;2H,1H3;1-2H3. The fourth-order valence-corrected chi connectivity index (χ4v) is 8.34. The normalized spacial score (nSPS) is 18.9. The predicted octanol–water partition coefficient (Wildman–Crippen LogP) is 5.32. The van der Waals surface area contributed by atoms with Gasteiger partial charge in [0, 0.05) is 61.1 Å². The zero-order valence-corrected chi connectivity index (χ0v) is 37.3. The maximum Gasteiger partial charge on any atom is 0.322 e. The van der Waals surface area contributed by atoms with Gasteiger partial charge in [0.1, 0.15) is 22.9 Å². The highest BCUT2D eigenvalue weighted by Gasteiger charge is 2.42. The Balaban J connectivity index is 0.000000243. The van der Waals surface area contributed by atoms with E-state index < -0.39 is 29.7 Å². The molecule has 340 valence electrons. The topological polar surface area (TPSA) is 227 Å². The molecule has 4 aliphatic rings. The number of thioether (sulfide) groups is 1. The van der Waals surface area contributed by atoms with Crippen molar-refractivity contribution in [2.75, 3.05) is 40.1 Å². The van der Waals surface area contributed by atoms with Gasteiger partial charge in [-0.3, -0.25) is 29.3 Å². The smallest absolute Gasteiger partial charge is 0.322 e. The molecule has 4 atom stereocenters. The van der Waals surface area contributed by atoms with E-state index in [0.29, 0.717) is 49.2 Å². The third-order valence-electron chi connectivity index (χ3n) is 9.85. The Morgan fingerprint density at radius 1 is 0.968 bits per heavy atom. The highest BCUT2D eigenvalue weighted by Crippen LogP contribution is 2.33. The molecule has 3 fully saturated rings. The lowest BCUT2D eigenvalue weighted by molar-refractivity contribution is -0.126. The number of nitrogens with one attached hydrogen (secondary N) is 6. The summed E-state index contributed by atoms with van der Waals surface area (Å²) < 4.78 is 28.6. The van der Waals surface area contributed by atoms with Crippen molar-refractivity contribution in [3.05, 3.63) is 64.7 Å². The highest BCUT2D eigenvalue weighted by atomic mass is 32.2. The summed E-state index contributed by atoms with van der Waals surface area (Å²) >= 11 is 1.93. The number of hydrogen-bond acceptors (Lipinski definition) is 11. The highest BCUT2D eigenvalue weighted by molar-refractivity contribution is 8.00. The number of urea groups is 2. The summed E-state index contributed by atoms with van der Waals surface area (Å²) in [5.74, 6) is 0.398. The number of amides is 8. The van der Waals surface area contributed by atoms with E-state index in [-0.39, 0.29) is 40.8 Å². The summed E-state index contributed by atoms with van der Waals surface area (Å²) in [6, 6.07) is 8.58. The van der Waals surface area contributed by atoms with Crippen LogP contribution >= 0.6 is 11.8 Å². The molecule has 5 heterocycles. The second-order valence-electron chi connectivity index (χ2n) is 14.2. The molecule has 0 bridgehead atoms. The molecule has 0 spiro atoms. The molecule has 0 aliphatic carbocycles. The number of methoxy groups -OCH3 is 2. The zero-order chi connectivity index (χ0) is 45.8. The lowest BCUT2D eigenvalue weighted by atomic mass is 10.0. The minimum Gasteiger partial charge on any atom is -0.497 e. The molecule has 19 heteroatoms. The molecule has 7 rings (SSSR count). The van der Waals surface area contributed by atoms with Crippen LogP contribution in [0, 0.1) is 5.82 Å². The van der Waals surface area contributed by atoms with Gasteiger partial charge in [-0.05, 0) is 56.0 Å². The molecular formula is C43H60FN7O10S. The minimum absolute atomic E-state index is 0.0300. The number of fused-ring (bicyclic) bond motifs is 3. The van der Waals surface area contributed by atoms with Crippen LogP contribution in [0.15, 0.2) is 40.8 Å². The number of carbonyl (C=O) groups excluding carboxylic acids is 7. The van der Waals surface area contributed by atoms with Gasteiger partial charge in [-0.2, -0.15) is 11.8 Å². The van der Waals surface area contributed by atoms with E-state index in [4.69, 9.17) is 13.9 Å². The number of benzene rings is 2. The Hall–Kier alpha value is -5.85. The van der Waals surface area contributed by atoms with Gasteiger partial charge in [-0.15, -0.1) is 0 Å². The third-order valence-corrected chi connectivity index (χ3v) is 11.4. The SMILES string of the molecule is CC.CCCCCNC(=O)c1cc2cc(C3NC(=O)NC3=O)oc2cc1F.CCNC(=O)CCCCC1SCC2NC(=O)NC21.COC=O.COc1ccc2c(c1)C(=O)N(C)C2. The van der Waals surface area contributed by atoms with Gasteiger partial charge >= 0.3 is 12.1 Å². The number of imide groups is 1. The number of nitrogens with zero attached hydrogens (tertiary/aromatic N) is 1. The van der Waals surface area contributed by atoms with E-state index in [0.717, 1.165) is 67.2 Å². The van der Waals surface area contributed by atoms with Crippen molar-refractivity contribution in [3.8, 4) is 5.75 Å². The molecule has 3 aromatic rings. The van der Waals surface area contributed by atoms with Gasteiger partial charge in [0.2, 0.25) is 5.91 Å². The van der Waals surface area contributed by atoms with Crippen LogP contribution in [-0.2, 0) is 25.7 Å². The van der Waals surface area contributed by atoms with E-state index in [1.54, 1.807) is 25.1 Å². The maximum absolute atomic E-state index is 14.2. The number of hydrogen-bond donors (Lipinski definition) is 6.